The lowest BCUT2D eigenvalue weighted by molar-refractivity contribution is 0.465. The number of halogens is 6. The minimum absolute atomic E-state index is 0.0179. The second kappa shape index (κ2) is 6.27. The third-order valence-electron chi connectivity index (χ3n) is 2.28. The zero-order chi connectivity index (χ0) is 15.0. The fraction of sp³-hybridized carbons (Fsp3) is 0. The molecular formula is C12H4Cl6O2. The first-order valence-electron chi connectivity index (χ1n) is 5.00. The molecule has 0 aliphatic carbocycles. The highest BCUT2D eigenvalue weighted by molar-refractivity contribution is 6.45. The highest BCUT2D eigenvalue weighted by Crippen LogP contribution is 2.47. The van der Waals surface area contributed by atoms with Crippen LogP contribution in [0.4, 0.5) is 0 Å². The van der Waals surface area contributed by atoms with E-state index in [-0.39, 0.29) is 42.4 Å². The Balaban J connectivity index is 2.51. The van der Waals surface area contributed by atoms with Gasteiger partial charge in [0, 0.05) is 11.1 Å². The van der Waals surface area contributed by atoms with Crippen molar-refractivity contribution in [3.63, 3.8) is 0 Å². The predicted molar refractivity (Wildman–Crippen MR) is 84.7 cm³/mol. The van der Waals surface area contributed by atoms with E-state index in [1.807, 2.05) is 0 Å². The highest BCUT2D eigenvalue weighted by atomic mass is 35.5. The Hall–Kier alpha value is -0.220. The number of phenolic OH excluding ortho intramolecular Hbond substituents is 1. The fourth-order valence-corrected chi connectivity index (χ4v) is 2.89. The van der Waals surface area contributed by atoms with E-state index < -0.39 is 0 Å². The minimum atomic E-state index is -0.334. The molecule has 0 atom stereocenters. The molecule has 0 amide bonds. The smallest absolute Gasteiger partial charge is 0.164 e. The molecule has 0 aromatic heterocycles. The van der Waals surface area contributed by atoms with E-state index in [1.165, 1.54) is 18.2 Å². The van der Waals surface area contributed by atoms with Crippen molar-refractivity contribution in [2.24, 2.45) is 0 Å². The number of hydrogen-bond acceptors (Lipinski definition) is 2. The van der Waals surface area contributed by atoms with Gasteiger partial charge < -0.3 is 9.84 Å². The summed E-state index contributed by atoms with van der Waals surface area (Å²) >= 11 is 35.4. The second-order valence-corrected chi connectivity index (χ2v) is 6.05. The van der Waals surface area contributed by atoms with Crippen molar-refractivity contribution in [2.75, 3.05) is 0 Å². The van der Waals surface area contributed by atoms with Gasteiger partial charge in [-0.1, -0.05) is 69.6 Å². The molecule has 2 nitrogen and oxygen atoms in total. The summed E-state index contributed by atoms with van der Waals surface area (Å²) in [4.78, 5) is 0. The molecule has 0 radical (unpaired) electrons. The van der Waals surface area contributed by atoms with Gasteiger partial charge in [0.25, 0.3) is 0 Å². The van der Waals surface area contributed by atoms with Gasteiger partial charge in [-0.05, 0) is 12.1 Å². The summed E-state index contributed by atoms with van der Waals surface area (Å²) in [6, 6.07) is 4.22. The number of ether oxygens (including phenoxy) is 1. The Kier molecular flexibility index (Phi) is 5.06. The Morgan fingerprint density at radius 1 is 0.750 bits per heavy atom. The molecule has 20 heavy (non-hydrogen) atoms. The zero-order valence-corrected chi connectivity index (χ0v) is 13.9. The molecule has 0 bridgehead atoms. The van der Waals surface area contributed by atoms with E-state index in [4.69, 9.17) is 74.3 Å². The lowest BCUT2D eigenvalue weighted by atomic mass is 10.3. The van der Waals surface area contributed by atoms with E-state index in [9.17, 15) is 5.11 Å². The first kappa shape index (κ1) is 16.2. The summed E-state index contributed by atoms with van der Waals surface area (Å²) in [6.07, 6.45) is 0. The maximum atomic E-state index is 9.55. The SMILES string of the molecule is Oc1c(Cl)cc(Oc2c(Cl)cc(Cl)cc2Cl)c(Cl)c1Cl. The number of phenols is 1. The van der Waals surface area contributed by atoms with Crippen LogP contribution in [0.5, 0.6) is 17.2 Å². The van der Waals surface area contributed by atoms with Crippen LogP contribution in [0.3, 0.4) is 0 Å². The molecule has 0 spiro atoms. The molecule has 0 unspecified atom stereocenters. The van der Waals surface area contributed by atoms with Crippen molar-refractivity contribution in [1.82, 2.24) is 0 Å². The molecule has 1 N–H and O–H groups in total. The Morgan fingerprint density at radius 3 is 1.85 bits per heavy atom. The van der Waals surface area contributed by atoms with Crippen molar-refractivity contribution >= 4 is 69.6 Å². The van der Waals surface area contributed by atoms with E-state index in [0.717, 1.165) is 0 Å². The molecule has 2 rings (SSSR count). The molecule has 0 fully saturated rings. The van der Waals surface area contributed by atoms with Crippen molar-refractivity contribution in [3.05, 3.63) is 48.3 Å². The number of aromatic hydroxyl groups is 1. The first-order valence-corrected chi connectivity index (χ1v) is 7.27. The van der Waals surface area contributed by atoms with Crippen LogP contribution in [-0.4, -0.2) is 5.11 Å². The average Bonchev–Trinajstić information content (AvgIpc) is 2.37. The lowest BCUT2D eigenvalue weighted by Crippen LogP contribution is -1.89. The maximum Gasteiger partial charge on any atom is 0.164 e. The van der Waals surface area contributed by atoms with Crippen molar-refractivity contribution in [1.29, 1.82) is 0 Å². The van der Waals surface area contributed by atoms with Crippen LogP contribution in [0.15, 0.2) is 18.2 Å². The van der Waals surface area contributed by atoms with Gasteiger partial charge in [0.05, 0.1) is 15.1 Å². The van der Waals surface area contributed by atoms with Gasteiger partial charge in [-0.2, -0.15) is 0 Å². The van der Waals surface area contributed by atoms with E-state index in [0.29, 0.717) is 5.02 Å². The third kappa shape index (κ3) is 3.16. The molecule has 0 saturated heterocycles. The van der Waals surface area contributed by atoms with Crippen LogP contribution in [0.2, 0.25) is 30.1 Å². The van der Waals surface area contributed by atoms with Gasteiger partial charge in [0.15, 0.2) is 11.5 Å². The molecule has 0 aliphatic rings. The third-order valence-corrected chi connectivity index (χ3v) is 4.18. The van der Waals surface area contributed by atoms with Gasteiger partial charge >= 0.3 is 0 Å². The normalized spacial score (nSPS) is 10.7. The van der Waals surface area contributed by atoms with E-state index >= 15 is 0 Å². The van der Waals surface area contributed by atoms with E-state index in [2.05, 4.69) is 0 Å². The van der Waals surface area contributed by atoms with Crippen LogP contribution in [-0.2, 0) is 0 Å². The largest absolute Gasteiger partial charge is 0.505 e. The molecule has 0 saturated carbocycles. The van der Waals surface area contributed by atoms with Crippen LogP contribution >= 0.6 is 69.6 Å². The van der Waals surface area contributed by atoms with Crippen LogP contribution in [0.25, 0.3) is 0 Å². The summed E-state index contributed by atoms with van der Waals surface area (Å²) in [5, 5.41) is 10.1. The van der Waals surface area contributed by atoms with E-state index in [1.54, 1.807) is 0 Å². The molecule has 0 aliphatic heterocycles. The molecular weight excluding hydrogens is 389 g/mol. The van der Waals surface area contributed by atoms with Gasteiger partial charge in [0.2, 0.25) is 0 Å². The summed E-state index contributed by atoms with van der Waals surface area (Å²) in [5.74, 6) is -0.0815. The Labute approximate surface area is 144 Å². The summed E-state index contributed by atoms with van der Waals surface area (Å²) in [5.41, 5.74) is 0. The molecule has 8 heteroatoms. The van der Waals surface area contributed by atoms with Crippen LogP contribution < -0.4 is 4.74 Å². The van der Waals surface area contributed by atoms with Crippen molar-refractivity contribution in [3.8, 4) is 17.2 Å². The summed E-state index contributed by atoms with van der Waals surface area (Å²) < 4.78 is 5.51. The van der Waals surface area contributed by atoms with Crippen molar-refractivity contribution in [2.45, 2.75) is 0 Å². The Morgan fingerprint density at radius 2 is 1.30 bits per heavy atom. The van der Waals surface area contributed by atoms with Gasteiger partial charge in [-0.15, -0.1) is 0 Å². The van der Waals surface area contributed by atoms with Gasteiger partial charge in [-0.3, -0.25) is 0 Å². The first-order chi connectivity index (χ1) is 9.31. The fourth-order valence-electron chi connectivity index (χ4n) is 1.37. The minimum Gasteiger partial charge on any atom is -0.505 e. The number of benzene rings is 2. The zero-order valence-electron chi connectivity index (χ0n) is 9.36. The number of hydrogen-bond donors (Lipinski definition) is 1. The molecule has 0 heterocycles. The maximum absolute atomic E-state index is 9.55. The van der Waals surface area contributed by atoms with Gasteiger partial charge in [0.1, 0.15) is 15.8 Å². The summed E-state index contributed by atoms with van der Waals surface area (Å²) in [6.45, 7) is 0. The van der Waals surface area contributed by atoms with Crippen LogP contribution in [0.1, 0.15) is 0 Å². The standard InChI is InChI=1S/C12H4Cl6O2/c13-4-1-6(15)12(7(16)2-4)20-8-3-5(14)11(19)10(18)9(8)17/h1-3,19H. The molecule has 2 aromatic rings. The second-order valence-electron chi connectivity index (χ2n) is 3.63. The Bertz CT molecular complexity index is 663. The average molecular weight is 393 g/mol. The lowest BCUT2D eigenvalue weighted by Gasteiger charge is -2.13. The quantitative estimate of drug-likeness (QED) is 0.552. The summed E-state index contributed by atoms with van der Waals surface area (Å²) in [7, 11) is 0. The van der Waals surface area contributed by atoms with Gasteiger partial charge in [-0.25, -0.2) is 0 Å². The topological polar surface area (TPSA) is 29.5 Å². The van der Waals surface area contributed by atoms with Crippen LogP contribution in [0, 0.1) is 0 Å². The number of rotatable bonds is 2. The van der Waals surface area contributed by atoms with Crippen molar-refractivity contribution < 1.29 is 9.84 Å². The monoisotopic (exact) mass is 390 g/mol. The predicted octanol–water partition coefficient (Wildman–Crippen LogP) is 7.10. The highest BCUT2D eigenvalue weighted by Gasteiger charge is 2.18. The molecule has 106 valence electrons. The molecule has 2 aromatic carbocycles.